The Morgan fingerprint density at radius 2 is 2.12 bits per heavy atom. The van der Waals surface area contributed by atoms with Crippen LogP contribution in [0.1, 0.15) is 5.56 Å². The first-order valence-electron chi connectivity index (χ1n) is 4.21. The van der Waals surface area contributed by atoms with Crippen LogP contribution in [0.5, 0.6) is 5.19 Å². The fraction of sp³-hybridized carbons (Fsp3) is 0.111. The number of nitrogens with zero attached hydrogens (tertiary/aromatic N) is 2. The molecule has 3 nitrogen and oxygen atoms in total. The molecule has 0 saturated heterocycles. The summed E-state index contributed by atoms with van der Waals surface area (Å²) in [5, 5.41) is 0.411. The van der Waals surface area contributed by atoms with E-state index in [0.29, 0.717) is 14.6 Å². The van der Waals surface area contributed by atoms with Crippen LogP contribution in [0.25, 0.3) is 0 Å². The lowest BCUT2D eigenvalue weighted by molar-refractivity contribution is 0.303. The maximum absolute atomic E-state index is 12.9. The van der Waals surface area contributed by atoms with Crippen molar-refractivity contribution < 1.29 is 13.5 Å². The molecule has 0 bridgehead atoms. The van der Waals surface area contributed by atoms with E-state index in [1.165, 1.54) is 6.07 Å². The molecular formula is C9H5F2IN2OS. The van der Waals surface area contributed by atoms with Gasteiger partial charge in [0.05, 0.1) is 0 Å². The molecule has 0 atom stereocenters. The van der Waals surface area contributed by atoms with E-state index in [-0.39, 0.29) is 6.61 Å². The molecule has 84 valence electrons. The number of ether oxygens (including phenoxy) is 1. The van der Waals surface area contributed by atoms with Crippen molar-refractivity contribution in [2.24, 2.45) is 0 Å². The molecule has 0 amide bonds. The minimum atomic E-state index is -0.882. The Morgan fingerprint density at radius 1 is 1.31 bits per heavy atom. The highest BCUT2D eigenvalue weighted by molar-refractivity contribution is 14.1. The van der Waals surface area contributed by atoms with Gasteiger partial charge in [0, 0.05) is 34.1 Å². The van der Waals surface area contributed by atoms with Crippen LogP contribution < -0.4 is 4.74 Å². The van der Waals surface area contributed by atoms with Gasteiger partial charge in [0.25, 0.3) is 5.19 Å². The predicted octanol–water partition coefficient (Wildman–Crippen LogP) is 3.00. The molecule has 1 heterocycles. The topological polar surface area (TPSA) is 35.0 Å². The zero-order valence-electron chi connectivity index (χ0n) is 7.78. The summed E-state index contributed by atoms with van der Waals surface area (Å²) in [6.45, 7) is 0.141. The van der Waals surface area contributed by atoms with Crippen molar-refractivity contribution in [1.29, 1.82) is 0 Å². The monoisotopic (exact) mass is 354 g/mol. The van der Waals surface area contributed by atoms with E-state index in [9.17, 15) is 8.78 Å². The summed E-state index contributed by atoms with van der Waals surface area (Å²) in [4.78, 5) is 3.97. The van der Waals surface area contributed by atoms with Gasteiger partial charge in [-0.25, -0.2) is 8.78 Å². The zero-order valence-corrected chi connectivity index (χ0v) is 10.8. The molecule has 2 rings (SSSR count). The van der Waals surface area contributed by atoms with Crippen molar-refractivity contribution >= 4 is 34.1 Å². The number of benzene rings is 1. The Morgan fingerprint density at radius 3 is 2.75 bits per heavy atom. The summed E-state index contributed by atoms with van der Waals surface area (Å²) in [6.07, 6.45) is 0. The fourth-order valence-corrected chi connectivity index (χ4v) is 2.14. The molecule has 0 N–H and O–H groups in total. The van der Waals surface area contributed by atoms with Gasteiger partial charge in [-0.2, -0.15) is 9.36 Å². The van der Waals surface area contributed by atoms with Crippen LogP contribution in [0.4, 0.5) is 8.78 Å². The second-order valence-electron chi connectivity index (χ2n) is 2.87. The lowest BCUT2D eigenvalue weighted by Crippen LogP contribution is -1.96. The molecule has 1 aromatic heterocycles. The van der Waals surface area contributed by atoms with Crippen LogP contribution in [0.15, 0.2) is 18.2 Å². The molecular weight excluding hydrogens is 349 g/mol. The number of hydrogen-bond acceptors (Lipinski definition) is 4. The smallest absolute Gasteiger partial charge is 0.294 e. The molecule has 16 heavy (non-hydrogen) atoms. The minimum Gasteiger partial charge on any atom is -0.464 e. The highest BCUT2D eigenvalue weighted by atomic mass is 127. The van der Waals surface area contributed by atoms with Crippen LogP contribution in [0.3, 0.4) is 0 Å². The standard InChI is InChI=1S/C9H5F2IN2OS/c10-6-2-1-5(3-7(6)11)4-15-9-13-8(12)14-16-9/h1-3H,4H2. The number of aromatic nitrogens is 2. The minimum absolute atomic E-state index is 0.141. The van der Waals surface area contributed by atoms with Gasteiger partial charge in [0.2, 0.25) is 3.83 Å². The van der Waals surface area contributed by atoms with Gasteiger partial charge in [-0.15, -0.1) is 0 Å². The Bertz CT molecular complexity index is 506. The molecule has 0 unspecified atom stereocenters. The molecule has 0 aliphatic rings. The Labute approximate surface area is 108 Å². The SMILES string of the molecule is Fc1ccc(COc2nc(I)ns2)cc1F. The van der Waals surface area contributed by atoms with Gasteiger partial charge in [-0.1, -0.05) is 6.07 Å². The highest BCUT2D eigenvalue weighted by Gasteiger charge is 2.05. The number of hydrogen-bond donors (Lipinski definition) is 0. The summed E-state index contributed by atoms with van der Waals surface area (Å²) < 4.78 is 35.3. The van der Waals surface area contributed by atoms with Crippen LogP contribution >= 0.6 is 34.1 Å². The van der Waals surface area contributed by atoms with E-state index < -0.39 is 11.6 Å². The molecule has 7 heteroatoms. The number of rotatable bonds is 3. The number of halogens is 3. The largest absolute Gasteiger partial charge is 0.464 e. The van der Waals surface area contributed by atoms with Crippen molar-refractivity contribution in [2.75, 3.05) is 0 Å². The van der Waals surface area contributed by atoms with E-state index in [4.69, 9.17) is 4.74 Å². The Kier molecular flexibility index (Phi) is 3.64. The van der Waals surface area contributed by atoms with Gasteiger partial charge in [-0.3, -0.25) is 0 Å². The zero-order chi connectivity index (χ0) is 11.5. The van der Waals surface area contributed by atoms with Gasteiger partial charge >= 0.3 is 0 Å². The van der Waals surface area contributed by atoms with E-state index in [1.807, 2.05) is 22.6 Å². The second-order valence-corrected chi connectivity index (χ2v) is 4.55. The summed E-state index contributed by atoms with van der Waals surface area (Å²) in [7, 11) is 0. The van der Waals surface area contributed by atoms with Crippen molar-refractivity contribution in [3.8, 4) is 5.19 Å². The third-order valence-corrected chi connectivity index (χ3v) is 3.17. The summed E-state index contributed by atoms with van der Waals surface area (Å²) in [5.41, 5.74) is 0.545. The average molecular weight is 354 g/mol. The first-order chi connectivity index (χ1) is 7.65. The van der Waals surface area contributed by atoms with Crippen LogP contribution in [0.2, 0.25) is 0 Å². The first-order valence-corrected chi connectivity index (χ1v) is 6.06. The predicted molar refractivity (Wildman–Crippen MR) is 63.3 cm³/mol. The van der Waals surface area contributed by atoms with Crippen molar-refractivity contribution in [3.05, 3.63) is 39.2 Å². The van der Waals surface area contributed by atoms with Crippen molar-refractivity contribution in [1.82, 2.24) is 9.36 Å². The Hall–Kier alpha value is -0.830. The van der Waals surface area contributed by atoms with Crippen LogP contribution in [0, 0.1) is 15.5 Å². The van der Waals surface area contributed by atoms with E-state index in [2.05, 4.69) is 9.36 Å². The van der Waals surface area contributed by atoms with E-state index >= 15 is 0 Å². The quantitative estimate of drug-likeness (QED) is 0.795. The molecule has 0 fully saturated rings. The average Bonchev–Trinajstić information content (AvgIpc) is 2.66. The molecule has 0 saturated carbocycles. The molecule has 0 aliphatic carbocycles. The maximum Gasteiger partial charge on any atom is 0.294 e. The molecule has 0 aliphatic heterocycles. The summed E-state index contributed by atoms with van der Waals surface area (Å²) in [5.74, 6) is -1.75. The van der Waals surface area contributed by atoms with Gasteiger partial charge in [-0.05, 0) is 17.7 Å². The summed E-state index contributed by atoms with van der Waals surface area (Å²) >= 11 is 3.08. The van der Waals surface area contributed by atoms with E-state index in [1.54, 1.807) is 0 Å². The van der Waals surface area contributed by atoms with Crippen molar-refractivity contribution in [2.45, 2.75) is 6.61 Å². The maximum atomic E-state index is 12.9. The van der Waals surface area contributed by atoms with Gasteiger partial charge in [0.1, 0.15) is 6.61 Å². The second kappa shape index (κ2) is 5.00. The van der Waals surface area contributed by atoms with Gasteiger partial charge in [0.15, 0.2) is 11.6 Å². The third-order valence-electron chi connectivity index (χ3n) is 1.73. The fourth-order valence-electron chi connectivity index (χ4n) is 1.03. The summed E-state index contributed by atoms with van der Waals surface area (Å²) in [6, 6.07) is 3.63. The third kappa shape index (κ3) is 2.85. The van der Waals surface area contributed by atoms with Gasteiger partial charge < -0.3 is 4.74 Å². The Balaban J connectivity index is 2.02. The lowest BCUT2D eigenvalue weighted by atomic mass is 10.2. The molecule has 0 radical (unpaired) electrons. The normalized spacial score (nSPS) is 10.4. The first kappa shape index (κ1) is 11.6. The van der Waals surface area contributed by atoms with Crippen LogP contribution in [-0.4, -0.2) is 9.36 Å². The lowest BCUT2D eigenvalue weighted by Gasteiger charge is -2.02. The molecule has 0 spiro atoms. The highest BCUT2D eigenvalue weighted by Crippen LogP contribution is 2.17. The molecule has 1 aromatic carbocycles. The van der Waals surface area contributed by atoms with Crippen LogP contribution in [-0.2, 0) is 6.61 Å². The molecule has 2 aromatic rings. The van der Waals surface area contributed by atoms with Crippen molar-refractivity contribution in [3.63, 3.8) is 0 Å². The van der Waals surface area contributed by atoms with E-state index in [0.717, 1.165) is 23.7 Å².